The van der Waals surface area contributed by atoms with Crippen molar-refractivity contribution in [3.63, 3.8) is 0 Å². The summed E-state index contributed by atoms with van der Waals surface area (Å²) in [6.07, 6.45) is -4.49. The monoisotopic (exact) mass is 458 g/mol. The van der Waals surface area contributed by atoms with Crippen LogP contribution >= 0.6 is 11.6 Å². The molecule has 2 aromatic rings. The topological polar surface area (TPSA) is 87.9 Å². The first kappa shape index (κ1) is 21.6. The van der Waals surface area contributed by atoms with Gasteiger partial charge in [-0.25, -0.2) is 9.59 Å². The predicted octanol–water partition coefficient (Wildman–Crippen LogP) is 3.22. The van der Waals surface area contributed by atoms with Crippen molar-refractivity contribution in [2.45, 2.75) is 12.8 Å². The van der Waals surface area contributed by atoms with Crippen molar-refractivity contribution in [2.24, 2.45) is 11.8 Å². The predicted molar refractivity (Wildman–Crippen MR) is 101 cm³/mol. The van der Waals surface area contributed by atoms with Gasteiger partial charge >= 0.3 is 18.2 Å². The van der Waals surface area contributed by atoms with Crippen LogP contribution in [0, 0.1) is 11.8 Å². The Bertz CT molecular complexity index is 998. The number of nitrogens with zero attached hydrogens (tertiary/aromatic N) is 4. The molecule has 1 aromatic carbocycles. The first-order chi connectivity index (χ1) is 14.6. The molecule has 0 aliphatic carbocycles. The Morgan fingerprint density at radius 1 is 1.16 bits per heavy atom. The van der Waals surface area contributed by atoms with Crippen LogP contribution in [0.25, 0.3) is 0 Å². The third-order valence-electron chi connectivity index (χ3n) is 5.50. The van der Waals surface area contributed by atoms with E-state index < -0.39 is 29.4 Å². The molecular formula is C19H18ClF3N4O4. The molecule has 0 bridgehead atoms. The van der Waals surface area contributed by atoms with Crippen LogP contribution in [0.3, 0.4) is 0 Å². The minimum Gasteiger partial charge on any atom is -0.476 e. The highest BCUT2D eigenvalue weighted by Gasteiger charge is 2.44. The summed E-state index contributed by atoms with van der Waals surface area (Å²) in [7, 11) is 0. The molecule has 2 saturated heterocycles. The first-order valence-electron chi connectivity index (χ1n) is 9.44. The number of hydrogen-bond acceptors (Lipinski definition) is 5. The van der Waals surface area contributed by atoms with Gasteiger partial charge in [0, 0.05) is 37.4 Å². The van der Waals surface area contributed by atoms with Crippen molar-refractivity contribution >= 4 is 23.6 Å². The van der Waals surface area contributed by atoms with Crippen LogP contribution in [-0.4, -0.2) is 63.0 Å². The van der Waals surface area contributed by atoms with E-state index in [1.807, 2.05) is 18.2 Å². The number of carboxylic acid groups (broad SMARTS) is 1. The highest BCUT2D eigenvalue weighted by Crippen LogP contribution is 2.34. The minimum atomic E-state index is -4.92. The molecule has 0 radical (unpaired) electrons. The number of benzene rings is 1. The maximum atomic E-state index is 13.0. The van der Waals surface area contributed by atoms with Gasteiger partial charge in [0.05, 0.1) is 6.61 Å². The maximum Gasteiger partial charge on any atom is 0.420 e. The lowest BCUT2D eigenvalue weighted by Gasteiger charge is -2.21. The number of hydroxylamine groups is 2. The number of aromatic nitrogens is 2. The van der Waals surface area contributed by atoms with Crippen LogP contribution in [0.4, 0.5) is 18.0 Å². The third-order valence-corrected chi connectivity index (χ3v) is 5.87. The number of halogens is 4. The lowest BCUT2D eigenvalue weighted by atomic mass is 10.0. The number of carboxylic acids is 1. The second-order valence-corrected chi connectivity index (χ2v) is 7.97. The molecule has 2 atom stereocenters. The zero-order valence-electron chi connectivity index (χ0n) is 16.0. The number of alkyl halides is 3. The lowest BCUT2D eigenvalue weighted by Crippen LogP contribution is -2.36. The molecule has 3 heterocycles. The maximum absolute atomic E-state index is 13.0. The van der Waals surface area contributed by atoms with Crippen molar-refractivity contribution in [3.8, 4) is 0 Å². The van der Waals surface area contributed by atoms with Crippen molar-refractivity contribution in [2.75, 3.05) is 26.2 Å². The molecule has 2 aliphatic rings. The van der Waals surface area contributed by atoms with E-state index >= 15 is 0 Å². The van der Waals surface area contributed by atoms with E-state index in [9.17, 15) is 22.8 Å². The van der Waals surface area contributed by atoms with Gasteiger partial charge in [0.1, 0.15) is 5.56 Å². The molecule has 2 fully saturated rings. The standard InChI is InChI=1S/C19H18ClF3N4O4/c20-15-4-2-1-3-11(15)10-31-26-7-12-5-25(6-13(12)8-26)18(30)27-9-14(19(21,22)23)16(24-27)17(28)29/h1-4,9,12-13H,5-8,10H2,(H,28,29). The van der Waals surface area contributed by atoms with Gasteiger partial charge in [-0.15, -0.1) is 0 Å². The van der Waals surface area contributed by atoms with Crippen LogP contribution in [0.5, 0.6) is 0 Å². The SMILES string of the molecule is O=C(O)c1nn(C(=O)N2CC3CN(OCc4ccccc4Cl)CC3C2)cc1C(F)(F)F. The summed E-state index contributed by atoms with van der Waals surface area (Å²) in [4.78, 5) is 30.9. The molecule has 12 heteroatoms. The number of carbonyl (C=O) groups is 2. The van der Waals surface area contributed by atoms with Crippen molar-refractivity contribution in [1.29, 1.82) is 0 Å². The van der Waals surface area contributed by atoms with Gasteiger partial charge < -0.3 is 10.0 Å². The summed E-state index contributed by atoms with van der Waals surface area (Å²) < 4.78 is 39.6. The summed E-state index contributed by atoms with van der Waals surface area (Å²) >= 11 is 6.12. The smallest absolute Gasteiger partial charge is 0.420 e. The van der Waals surface area contributed by atoms with Crippen LogP contribution in [-0.2, 0) is 17.6 Å². The molecule has 2 unspecified atom stereocenters. The van der Waals surface area contributed by atoms with E-state index in [1.54, 1.807) is 11.1 Å². The molecule has 1 amide bonds. The van der Waals surface area contributed by atoms with Crippen molar-refractivity contribution in [1.82, 2.24) is 19.7 Å². The average molecular weight is 459 g/mol. The first-order valence-corrected chi connectivity index (χ1v) is 9.82. The summed E-state index contributed by atoms with van der Waals surface area (Å²) in [6.45, 7) is 2.07. The summed E-state index contributed by atoms with van der Waals surface area (Å²) in [5, 5.41) is 14.7. The summed E-state index contributed by atoms with van der Waals surface area (Å²) in [6, 6.07) is 6.55. The van der Waals surface area contributed by atoms with Crippen LogP contribution in [0.1, 0.15) is 21.6 Å². The summed E-state index contributed by atoms with van der Waals surface area (Å²) in [5.41, 5.74) is -1.79. The van der Waals surface area contributed by atoms with Gasteiger partial charge in [0.15, 0.2) is 5.69 Å². The Labute approximate surface area is 179 Å². The van der Waals surface area contributed by atoms with E-state index in [1.165, 1.54) is 4.90 Å². The molecule has 4 rings (SSSR count). The molecule has 31 heavy (non-hydrogen) atoms. The molecule has 1 N–H and O–H groups in total. The minimum absolute atomic E-state index is 0.0896. The Hall–Kier alpha value is -2.63. The van der Waals surface area contributed by atoms with Gasteiger partial charge in [0.25, 0.3) is 0 Å². The highest BCUT2D eigenvalue weighted by atomic mass is 35.5. The fourth-order valence-corrected chi connectivity index (χ4v) is 4.16. The van der Waals surface area contributed by atoms with Crippen LogP contribution < -0.4 is 0 Å². The van der Waals surface area contributed by atoms with Gasteiger partial charge in [0.2, 0.25) is 0 Å². The molecular weight excluding hydrogens is 441 g/mol. The molecule has 1 aromatic heterocycles. The number of aromatic carboxylic acids is 1. The Morgan fingerprint density at radius 2 is 1.81 bits per heavy atom. The van der Waals surface area contributed by atoms with Crippen molar-refractivity contribution in [3.05, 3.63) is 52.3 Å². The summed E-state index contributed by atoms with van der Waals surface area (Å²) in [5.74, 6) is -1.66. The number of likely N-dealkylation sites (tertiary alicyclic amines) is 1. The van der Waals surface area contributed by atoms with Gasteiger partial charge in [-0.1, -0.05) is 29.8 Å². The van der Waals surface area contributed by atoms with E-state index in [-0.39, 0.29) is 11.8 Å². The van der Waals surface area contributed by atoms with E-state index in [4.69, 9.17) is 21.5 Å². The molecule has 8 nitrogen and oxygen atoms in total. The second-order valence-electron chi connectivity index (χ2n) is 7.56. The fraction of sp³-hybridized carbons (Fsp3) is 0.421. The quantitative estimate of drug-likeness (QED) is 0.757. The Morgan fingerprint density at radius 3 is 2.35 bits per heavy atom. The van der Waals surface area contributed by atoms with Gasteiger partial charge in [-0.05, 0) is 23.5 Å². The molecule has 166 valence electrons. The molecule has 0 saturated carbocycles. The molecule has 2 aliphatic heterocycles. The van der Waals surface area contributed by atoms with E-state index in [0.29, 0.717) is 48.7 Å². The average Bonchev–Trinajstić information content (AvgIpc) is 3.39. The normalized spacial score (nSPS) is 21.5. The fourth-order valence-electron chi connectivity index (χ4n) is 3.97. The Kier molecular flexibility index (Phi) is 5.67. The third kappa shape index (κ3) is 4.39. The molecule has 0 spiro atoms. The Balaban J connectivity index is 1.37. The van der Waals surface area contributed by atoms with Crippen LogP contribution in [0.2, 0.25) is 5.02 Å². The van der Waals surface area contributed by atoms with Crippen molar-refractivity contribution < 1.29 is 32.7 Å². The number of hydrogen-bond donors (Lipinski definition) is 1. The second kappa shape index (κ2) is 8.13. The largest absolute Gasteiger partial charge is 0.476 e. The zero-order valence-corrected chi connectivity index (χ0v) is 16.8. The van der Waals surface area contributed by atoms with E-state index in [0.717, 1.165) is 5.56 Å². The van der Waals surface area contributed by atoms with Crippen LogP contribution in [0.15, 0.2) is 30.5 Å². The number of rotatable bonds is 4. The number of amides is 1. The van der Waals surface area contributed by atoms with E-state index in [2.05, 4.69) is 5.10 Å². The highest BCUT2D eigenvalue weighted by molar-refractivity contribution is 6.31. The zero-order chi connectivity index (χ0) is 22.3. The lowest BCUT2D eigenvalue weighted by molar-refractivity contribution is -0.159. The van der Waals surface area contributed by atoms with Gasteiger partial charge in [-0.2, -0.15) is 28.0 Å². The number of fused-ring (bicyclic) bond motifs is 1. The number of carbonyl (C=O) groups excluding carboxylic acids is 1. The van der Waals surface area contributed by atoms with Gasteiger partial charge in [-0.3, -0.25) is 4.84 Å².